The lowest BCUT2D eigenvalue weighted by Crippen LogP contribution is -2.21. The van der Waals surface area contributed by atoms with Crippen LogP contribution in [0.5, 0.6) is 0 Å². The zero-order chi connectivity index (χ0) is 11.1. The van der Waals surface area contributed by atoms with Gasteiger partial charge in [0, 0.05) is 5.69 Å². The van der Waals surface area contributed by atoms with Crippen molar-refractivity contribution in [3.63, 3.8) is 0 Å². The molecule has 4 nitrogen and oxygen atoms in total. The van der Waals surface area contributed by atoms with Crippen LogP contribution in [0.3, 0.4) is 0 Å². The topological polar surface area (TPSA) is 75.4 Å². The van der Waals surface area contributed by atoms with Crippen LogP contribution in [-0.4, -0.2) is 24.2 Å². The van der Waals surface area contributed by atoms with Crippen molar-refractivity contribution in [2.24, 2.45) is 5.73 Å². The number of anilines is 1. The SMILES string of the molecule is NCC(=O)Nc1cccc(/C=C/CO)c1. The van der Waals surface area contributed by atoms with Crippen molar-refractivity contribution in [2.75, 3.05) is 18.5 Å². The van der Waals surface area contributed by atoms with E-state index in [9.17, 15) is 4.79 Å². The number of aliphatic hydroxyl groups excluding tert-OH is 1. The van der Waals surface area contributed by atoms with Crippen molar-refractivity contribution < 1.29 is 9.90 Å². The second-order valence-electron chi connectivity index (χ2n) is 2.96. The summed E-state index contributed by atoms with van der Waals surface area (Å²) in [6, 6.07) is 7.29. The summed E-state index contributed by atoms with van der Waals surface area (Å²) < 4.78 is 0. The maximum absolute atomic E-state index is 11.0. The van der Waals surface area contributed by atoms with Crippen molar-refractivity contribution in [1.82, 2.24) is 0 Å². The van der Waals surface area contributed by atoms with Crippen molar-refractivity contribution in [1.29, 1.82) is 0 Å². The van der Waals surface area contributed by atoms with Crippen LogP contribution in [0.25, 0.3) is 6.08 Å². The third-order valence-electron chi connectivity index (χ3n) is 1.77. The van der Waals surface area contributed by atoms with E-state index in [1.165, 1.54) is 0 Å². The maximum Gasteiger partial charge on any atom is 0.238 e. The first-order valence-electron chi connectivity index (χ1n) is 4.63. The molecule has 0 aliphatic carbocycles. The molecule has 4 heteroatoms. The Hall–Kier alpha value is -1.65. The van der Waals surface area contributed by atoms with Crippen molar-refractivity contribution in [3.05, 3.63) is 35.9 Å². The predicted molar refractivity (Wildman–Crippen MR) is 60.2 cm³/mol. The largest absolute Gasteiger partial charge is 0.392 e. The molecule has 0 saturated heterocycles. The Morgan fingerprint density at radius 3 is 3.00 bits per heavy atom. The average molecular weight is 206 g/mol. The second-order valence-corrected chi connectivity index (χ2v) is 2.96. The quantitative estimate of drug-likeness (QED) is 0.675. The highest BCUT2D eigenvalue weighted by Gasteiger charge is 1.98. The molecule has 0 unspecified atom stereocenters. The van der Waals surface area contributed by atoms with Crippen LogP contribution in [0, 0.1) is 0 Å². The van der Waals surface area contributed by atoms with Gasteiger partial charge in [0.1, 0.15) is 0 Å². The zero-order valence-electron chi connectivity index (χ0n) is 8.31. The Bertz CT molecular complexity index is 361. The fraction of sp³-hybridized carbons (Fsp3) is 0.182. The Kier molecular flexibility index (Phi) is 4.53. The van der Waals surface area contributed by atoms with Gasteiger partial charge in [0.15, 0.2) is 0 Å². The predicted octanol–water partition coefficient (Wildman–Crippen LogP) is 0.589. The summed E-state index contributed by atoms with van der Waals surface area (Å²) in [5.41, 5.74) is 6.79. The number of amides is 1. The Morgan fingerprint density at radius 1 is 1.53 bits per heavy atom. The van der Waals surface area contributed by atoms with Crippen LogP contribution in [0.4, 0.5) is 5.69 Å². The molecule has 1 rings (SSSR count). The fourth-order valence-corrected chi connectivity index (χ4v) is 1.12. The lowest BCUT2D eigenvalue weighted by molar-refractivity contribution is -0.114. The van der Waals surface area contributed by atoms with Gasteiger partial charge in [-0.2, -0.15) is 0 Å². The first-order chi connectivity index (χ1) is 7.26. The summed E-state index contributed by atoms with van der Waals surface area (Å²) in [5.74, 6) is -0.224. The molecular weight excluding hydrogens is 192 g/mol. The molecule has 0 fully saturated rings. The Labute approximate surface area is 88.4 Å². The number of nitrogens with one attached hydrogen (secondary N) is 1. The minimum atomic E-state index is -0.224. The van der Waals surface area contributed by atoms with Gasteiger partial charge in [0.25, 0.3) is 0 Å². The van der Waals surface area contributed by atoms with E-state index < -0.39 is 0 Å². The van der Waals surface area contributed by atoms with E-state index in [-0.39, 0.29) is 19.1 Å². The number of carbonyl (C=O) groups excluding carboxylic acids is 1. The molecule has 1 amide bonds. The van der Waals surface area contributed by atoms with Crippen LogP contribution < -0.4 is 11.1 Å². The number of aliphatic hydroxyl groups is 1. The van der Waals surface area contributed by atoms with E-state index in [0.29, 0.717) is 5.69 Å². The van der Waals surface area contributed by atoms with Crippen LogP contribution in [0.2, 0.25) is 0 Å². The third kappa shape index (κ3) is 3.93. The molecular formula is C11H14N2O2. The van der Waals surface area contributed by atoms with Gasteiger partial charge in [0.05, 0.1) is 13.2 Å². The minimum absolute atomic E-state index is 0.000608. The molecule has 0 atom stereocenters. The van der Waals surface area contributed by atoms with Gasteiger partial charge in [-0.15, -0.1) is 0 Å². The highest BCUT2D eigenvalue weighted by molar-refractivity contribution is 5.92. The molecule has 15 heavy (non-hydrogen) atoms. The van der Waals surface area contributed by atoms with Crippen LogP contribution in [0.15, 0.2) is 30.3 Å². The van der Waals surface area contributed by atoms with E-state index in [1.54, 1.807) is 24.3 Å². The molecule has 0 spiro atoms. The first kappa shape index (κ1) is 11.4. The van der Waals surface area contributed by atoms with Gasteiger partial charge >= 0.3 is 0 Å². The minimum Gasteiger partial charge on any atom is -0.392 e. The van der Waals surface area contributed by atoms with Crippen molar-refractivity contribution in [3.8, 4) is 0 Å². The van der Waals surface area contributed by atoms with Gasteiger partial charge in [-0.3, -0.25) is 4.79 Å². The zero-order valence-corrected chi connectivity index (χ0v) is 8.31. The smallest absolute Gasteiger partial charge is 0.238 e. The van der Waals surface area contributed by atoms with Crippen LogP contribution in [-0.2, 0) is 4.79 Å². The number of nitrogens with two attached hydrogens (primary N) is 1. The molecule has 0 saturated carbocycles. The molecule has 0 heterocycles. The highest BCUT2D eigenvalue weighted by atomic mass is 16.2. The Balaban J connectivity index is 2.74. The molecule has 0 aliphatic heterocycles. The van der Waals surface area contributed by atoms with Crippen molar-refractivity contribution >= 4 is 17.7 Å². The highest BCUT2D eigenvalue weighted by Crippen LogP contribution is 2.11. The number of hydrogen-bond donors (Lipinski definition) is 3. The summed E-state index contributed by atoms with van der Waals surface area (Å²) in [5, 5.41) is 11.3. The molecule has 1 aromatic carbocycles. The van der Waals surface area contributed by atoms with Gasteiger partial charge in [0.2, 0.25) is 5.91 Å². The van der Waals surface area contributed by atoms with E-state index in [4.69, 9.17) is 10.8 Å². The van der Waals surface area contributed by atoms with E-state index in [1.807, 2.05) is 12.1 Å². The summed E-state index contributed by atoms with van der Waals surface area (Å²) in [6.45, 7) is -0.0317. The molecule has 0 aliphatic rings. The molecule has 0 radical (unpaired) electrons. The summed E-state index contributed by atoms with van der Waals surface area (Å²) in [6.07, 6.45) is 3.40. The molecule has 0 aromatic heterocycles. The van der Waals surface area contributed by atoms with E-state index in [2.05, 4.69) is 5.32 Å². The summed E-state index contributed by atoms with van der Waals surface area (Å²) in [7, 11) is 0. The molecule has 1 aromatic rings. The number of carbonyl (C=O) groups is 1. The summed E-state index contributed by atoms with van der Waals surface area (Å²) in [4.78, 5) is 11.0. The Morgan fingerprint density at radius 2 is 2.33 bits per heavy atom. The number of benzene rings is 1. The molecule has 4 N–H and O–H groups in total. The third-order valence-corrected chi connectivity index (χ3v) is 1.77. The lowest BCUT2D eigenvalue weighted by Gasteiger charge is -2.03. The van der Waals surface area contributed by atoms with Gasteiger partial charge in [-0.25, -0.2) is 0 Å². The molecule has 80 valence electrons. The average Bonchev–Trinajstić information content (AvgIpc) is 2.26. The second kappa shape index (κ2) is 5.95. The van der Waals surface area contributed by atoms with Crippen molar-refractivity contribution in [2.45, 2.75) is 0 Å². The maximum atomic E-state index is 11.0. The normalized spacial score (nSPS) is 10.5. The summed E-state index contributed by atoms with van der Waals surface area (Å²) >= 11 is 0. The monoisotopic (exact) mass is 206 g/mol. The van der Waals surface area contributed by atoms with Gasteiger partial charge in [-0.05, 0) is 17.7 Å². The standard InChI is InChI=1S/C11H14N2O2/c12-8-11(15)13-10-5-1-3-9(7-10)4-2-6-14/h1-5,7,14H,6,8,12H2,(H,13,15)/b4-2+. The van der Waals surface area contributed by atoms with Gasteiger partial charge in [-0.1, -0.05) is 24.3 Å². The van der Waals surface area contributed by atoms with E-state index >= 15 is 0 Å². The van der Waals surface area contributed by atoms with Crippen LogP contribution in [0.1, 0.15) is 5.56 Å². The van der Waals surface area contributed by atoms with E-state index in [0.717, 1.165) is 5.56 Å². The number of hydrogen-bond acceptors (Lipinski definition) is 3. The van der Waals surface area contributed by atoms with Crippen LogP contribution >= 0.6 is 0 Å². The molecule has 0 bridgehead atoms. The van der Waals surface area contributed by atoms with Gasteiger partial charge < -0.3 is 16.2 Å². The lowest BCUT2D eigenvalue weighted by atomic mass is 10.2. The fourth-order valence-electron chi connectivity index (χ4n) is 1.12. The number of rotatable bonds is 4. The first-order valence-corrected chi connectivity index (χ1v) is 4.63.